The third-order valence-corrected chi connectivity index (χ3v) is 3.39. The Labute approximate surface area is 107 Å². The fourth-order valence-electron chi connectivity index (χ4n) is 2.14. The Kier molecular flexibility index (Phi) is 2.91. The summed E-state index contributed by atoms with van der Waals surface area (Å²) in [4.78, 5) is 4.41. The average molecular weight is 245 g/mol. The van der Waals surface area contributed by atoms with Gasteiger partial charge in [-0.1, -0.05) is 0 Å². The number of hydrogen-bond acceptors (Lipinski definition) is 3. The van der Waals surface area contributed by atoms with Crippen LogP contribution in [0.15, 0.2) is 18.6 Å². The fraction of sp³-hybridized carbons (Fsp3) is 0.538. The molecule has 1 saturated carbocycles. The number of nitrogens with zero attached hydrogens (tertiary/aromatic N) is 4. The maximum atomic E-state index is 4.41. The first-order valence-electron chi connectivity index (χ1n) is 6.44. The highest BCUT2D eigenvalue weighted by Gasteiger charge is 2.20. The van der Waals surface area contributed by atoms with E-state index in [9.17, 15) is 0 Å². The van der Waals surface area contributed by atoms with Crippen LogP contribution in [-0.4, -0.2) is 25.4 Å². The van der Waals surface area contributed by atoms with E-state index in [-0.39, 0.29) is 0 Å². The van der Waals surface area contributed by atoms with Gasteiger partial charge in [-0.15, -0.1) is 0 Å². The molecule has 2 aromatic rings. The summed E-state index contributed by atoms with van der Waals surface area (Å²) in [5, 5.41) is 7.74. The van der Waals surface area contributed by atoms with E-state index < -0.39 is 0 Å². The zero-order valence-electron chi connectivity index (χ0n) is 10.9. The number of aromatic nitrogens is 4. The molecule has 0 aliphatic heterocycles. The molecule has 2 aromatic heterocycles. The first-order valence-corrected chi connectivity index (χ1v) is 6.44. The lowest BCUT2D eigenvalue weighted by molar-refractivity contribution is 0.626. The van der Waals surface area contributed by atoms with E-state index in [4.69, 9.17) is 0 Å². The number of imidazole rings is 1. The lowest BCUT2D eigenvalue weighted by Crippen LogP contribution is -2.18. The summed E-state index contributed by atoms with van der Waals surface area (Å²) in [6, 6.07) is 0.729. The molecular formula is C13H19N5. The molecule has 96 valence electrons. The zero-order chi connectivity index (χ0) is 12.5. The molecule has 0 bridgehead atoms. The van der Waals surface area contributed by atoms with Crippen molar-refractivity contribution in [1.29, 1.82) is 0 Å². The van der Waals surface area contributed by atoms with Crippen molar-refractivity contribution in [3.05, 3.63) is 35.7 Å². The quantitative estimate of drug-likeness (QED) is 0.861. The second-order valence-electron chi connectivity index (χ2n) is 5.06. The number of aryl methyl sites for hydroxylation is 2. The predicted octanol–water partition coefficient (Wildman–Crippen LogP) is 1.23. The smallest absolute Gasteiger partial charge is 0.106 e. The fourth-order valence-corrected chi connectivity index (χ4v) is 2.14. The number of nitrogens with one attached hydrogen (secondary N) is 1. The molecule has 0 radical (unpaired) electrons. The van der Waals surface area contributed by atoms with Crippen LogP contribution in [0, 0.1) is 6.92 Å². The summed E-state index contributed by atoms with van der Waals surface area (Å²) >= 11 is 0. The summed E-state index contributed by atoms with van der Waals surface area (Å²) in [6.45, 7) is 3.81. The Morgan fingerprint density at radius 1 is 1.39 bits per heavy atom. The largest absolute Gasteiger partial charge is 0.326 e. The minimum atomic E-state index is 0.729. The average Bonchev–Trinajstić information content (AvgIpc) is 3.00. The highest BCUT2D eigenvalue weighted by Crippen LogP contribution is 2.19. The third kappa shape index (κ3) is 2.46. The first-order chi connectivity index (χ1) is 8.72. The summed E-state index contributed by atoms with van der Waals surface area (Å²) in [5.41, 5.74) is 2.47. The van der Waals surface area contributed by atoms with Crippen molar-refractivity contribution < 1.29 is 0 Å². The van der Waals surface area contributed by atoms with Crippen LogP contribution in [-0.2, 0) is 20.1 Å². The third-order valence-electron chi connectivity index (χ3n) is 3.39. The molecule has 18 heavy (non-hydrogen) atoms. The molecule has 0 aromatic carbocycles. The standard InChI is InChI=1S/C13H19N5/c1-10-14-6-13(7-15-12-3-4-12)18(10)9-11-5-16-17(2)8-11/h5-6,8,12,15H,3-4,7,9H2,1-2H3. The van der Waals surface area contributed by atoms with Gasteiger partial charge in [-0.3, -0.25) is 4.68 Å². The van der Waals surface area contributed by atoms with Crippen LogP contribution in [0.5, 0.6) is 0 Å². The van der Waals surface area contributed by atoms with Crippen molar-refractivity contribution in [3.8, 4) is 0 Å². The van der Waals surface area contributed by atoms with E-state index in [1.165, 1.54) is 24.1 Å². The van der Waals surface area contributed by atoms with Gasteiger partial charge in [-0.25, -0.2) is 4.98 Å². The normalized spacial score (nSPS) is 15.2. The molecule has 0 spiro atoms. The Hall–Kier alpha value is -1.62. The van der Waals surface area contributed by atoms with Crippen LogP contribution < -0.4 is 5.32 Å². The highest BCUT2D eigenvalue weighted by molar-refractivity contribution is 5.11. The molecule has 0 unspecified atom stereocenters. The van der Waals surface area contributed by atoms with E-state index in [2.05, 4.69) is 33.1 Å². The van der Waals surface area contributed by atoms with Gasteiger partial charge in [0.25, 0.3) is 0 Å². The molecule has 0 amide bonds. The molecule has 1 N–H and O–H groups in total. The van der Waals surface area contributed by atoms with E-state index in [0.717, 1.165) is 25.0 Å². The summed E-state index contributed by atoms with van der Waals surface area (Å²) in [6.07, 6.45) is 8.57. The van der Waals surface area contributed by atoms with Gasteiger partial charge >= 0.3 is 0 Å². The molecular weight excluding hydrogens is 226 g/mol. The Morgan fingerprint density at radius 2 is 2.22 bits per heavy atom. The van der Waals surface area contributed by atoms with Gasteiger partial charge in [0.05, 0.1) is 18.4 Å². The first kappa shape index (κ1) is 11.5. The molecule has 0 atom stereocenters. The van der Waals surface area contributed by atoms with Crippen LogP contribution in [0.3, 0.4) is 0 Å². The van der Waals surface area contributed by atoms with Crippen molar-refractivity contribution in [3.63, 3.8) is 0 Å². The summed E-state index contributed by atoms with van der Waals surface area (Å²) in [5.74, 6) is 1.06. The molecule has 0 saturated heterocycles. The second-order valence-corrected chi connectivity index (χ2v) is 5.06. The number of rotatable bonds is 5. The van der Waals surface area contributed by atoms with Crippen LogP contribution in [0.25, 0.3) is 0 Å². The minimum Gasteiger partial charge on any atom is -0.326 e. The topological polar surface area (TPSA) is 47.7 Å². The van der Waals surface area contributed by atoms with Gasteiger partial charge in [-0.2, -0.15) is 5.10 Å². The van der Waals surface area contributed by atoms with Crippen LogP contribution in [0.4, 0.5) is 0 Å². The predicted molar refractivity (Wildman–Crippen MR) is 69.1 cm³/mol. The molecule has 3 rings (SSSR count). The van der Waals surface area contributed by atoms with Crippen molar-refractivity contribution in [2.75, 3.05) is 0 Å². The van der Waals surface area contributed by atoms with E-state index in [1.807, 2.05) is 24.1 Å². The van der Waals surface area contributed by atoms with Crippen molar-refractivity contribution in [1.82, 2.24) is 24.6 Å². The maximum Gasteiger partial charge on any atom is 0.106 e. The minimum absolute atomic E-state index is 0.729. The van der Waals surface area contributed by atoms with Gasteiger partial charge in [0.2, 0.25) is 0 Å². The molecule has 1 aliphatic rings. The van der Waals surface area contributed by atoms with Crippen LogP contribution in [0.2, 0.25) is 0 Å². The van der Waals surface area contributed by atoms with Gasteiger partial charge in [-0.05, 0) is 19.8 Å². The second kappa shape index (κ2) is 4.57. The lowest BCUT2D eigenvalue weighted by atomic mass is 10.3. The Bertz CT molecular complexity index is 535. The Morgan fingerprint density at radius 3 is 2.89 bits per heavy atom. The van der Waals surface area contributed by atoms with Gasteiger partial charge in [0, 0.05) is 37.6 Å². The molecule has 1 fully saturated rings. The lowest BCUT2D eigenvalue weighted by Gasteiger charge is -2.09. The van der Waals surface area contributed by atoms with Gasteiger partial charge in [0.1, 0.15) is 5.82 Å². The van der Waals surface area contributed by atoms with Crippen molar-refractivity contribution >= 4 is 0 Å². The zero-order valence-corrected chi connectivity index (χ0v) is 10.9. The summed E-state index contributed by atoms with van der Waals surface area (Å²) in [7, 11) is 1.94. The SMILES string of the molecule is Cc1ncc(CNC2CC2)n1Cc1cnn(C)c1. The molecule has 1 aliphatic carbocycles. The van der Waals surface area contributed by atoms with E-state index in [0.29, 0.717) is 0 Å². The monoisotopic (exact) mass is 245 g/mol. The van der Waals surface area contributed by atoms with Gasteiger partial charge < -0.3 is 9.88 Å². The van der Waals surface area contributed by atoms with Crippen LogP contribution in [0.1, 0.15) is 29.9 Å². The molecule has 5 heteroatoms. The van der Waals surface area contributed by atoms with Crippen LogP contribution >= 0.6 is 0 Å². The van der Waals surface area contributed by atoms with E-state index in [1.54, 1.807) is 0 Å². The summed E-state index contributed by atoms with van der Waals surface area (Å²) < 4.78 is 4.09. The van der Waals surface area contributed by atoms with Crippen molar-refractivity contribution in [2.45, 2.75) is 38.9 Å². The van der Waals surface area contributed by atoms with Gasteiger partial charge in [0.15, 0.2) is 0 Å². The highest BCUT2D eigenvalue weighted by atomic mass is 15.2. The number of hydrogen-bond donors (Lipinski definition) is 1. The molecule has 5 nitrogen and oxygen atoms in total. The van der Waals surface area contributed by atoms with E-state index >= 15 is 0 Å². The maximum absolute atomic E-state index is 4.41. The Balaban J connectivity index is 1.74. The molecule has 2 heterocycles. The van der Waals surface area contributed by atoms with Crippen molar-refractivity contribution in [2.24, 2.45) is 7.05 Å².